The van der Waals surface area contributed by atoms with E-state index in [0.29, 0.717) is 25.9 Å². The third kappa shape index (κ3) is 3.74. The van der Waals surface area contributed by atoms with Crippen LogP contribution in [0.4, 0.5) is 0 Å². The summed E-state index contributed by atoms with van der Waals surface area (Å²) >= 11 is 6.23. The number of hydrogen-bond donors (Lipinski definition) is 2. The lowest BCUT2D eigenvalue weighted by Gasteiger charge is -2.27. The molecular formula is C16H24ClNO2. The summed E-state index contributed by atoms with van der Waals surface area (Å²) in [5, 5.41) is 13.4. The second-order valence-electron chi connectivity index (χ2n) is 5.13. The van der Waals surface area contributed by atoms with Crippen molar-refractivity contribution in [1.29, 1.82) is 0 Å². The third-order valence-corrected chi connectivity index (χ3v) is 4.52. The summed E-state index contributed by atoms with van der Waals surface area (Å²) in [5.74, 6) is -0.732. The van der Waals surface area contributed by atoms with Gasteiger partial charge in [0.15, 0.2) is 0 Å². The van der Waals surface area contributed by atoms with Crippen molar-refractivity contribution in [1.82, 2.24) is 5.32 Å². The standard InChI is InChI=1S/C16H24ClNO2/c1-4-12-8-7-9-14(17)13(12)10-18-11-16(5-2,6-3)15(19)20/h7-9,18H,4-6,10-11H2,1-3H3,(H,19,20). The smallest absolute Gasteiger partial charge is 0.310 e. The van der Waals surface area contributed by atoms with Crippen LogP contribution < -0.4 is 5.32 Å². The van der Waals surface area contributed by atoms with Crippen LogP contribution in [0.1, 0.15) is 44.7 Å². The Labute approximate surface area is 126 Å². The van der Waals surface area contributed by atoms with Crippen LogP contribution in [0, 0.1) is 5.41 Å². The van der Waals surface area contributed by atoms with Crippen LogP contribution in [0.5, 0.6) is 0 Å². The quantitative estimate of drug-likeness (QED) is 0.765. The van der Waals surface area contributed by atoms with Crippen molar-refractivity contribution in [3.05, 3.63) is 34.3 Å². The van der Waals surface area contributed by atoms with Gasteiger partial charge >= 0.3 is 5.97 Å². The van der Waals surface area contributed by atoms with Crippen LogP contribution in [-0.2, 0) is 17.8 Å². The topological polar surface area (TPSA) is 49.3 Å². The van der Waals surface area contributed by atoms with Crippen molar-refractivity contribution >= 4 is 17.6 Å². The van der Waals surface area contributed by atoms with Gasteiger partial charge in [0.25, 0.3) is 0 Å². The molecule has 0 saturated carbocycles. The molecule has 0 spiro atoms. The first-order valence-electron chi connectivity index (χ1n) is 7.21. The van der Waals surface area contributed by atoms with Crippen molar-refractivity contribution in [2.24, 2.45) is 5.41 Å². The van der Waals surface area contributed by atoms with Crippen molar-refractivity contribution in [3.63, 3.8) is 0 Å². The summed E-state index contributed by atoms with van der Waals surface area (Å²) < 4.78 is 0. The number of halogens is 1. The highest BCUT2D eigenvalue weighted by Crippen LogP contribution is 2.26. The molecule has 0 fully saturated rings. The minimum absolute atomic E-state index is 0.462. The molecule has 3 nitrogen and oxygen atoms in total. The van der Waals surface area contributed by atoms with Gasteiger partial charge in [0.2, 0.25) is 0 Å². The normalized spacial score (nSPS) is 11.6. The van der Waals surface area contributed by atoms with Crippen LogP contribution in [0.25, 0.3) is 0 Å². The van der Waals surface area contributed by atoms with Gasteiger partial charge in [-0.2, -0.15) is 0 Å². The van der Waals surface area contributed by atoms with Gasteiger partial charge in [-0.1, -0.05) is 44.5 Å². The average Bonchev–Trinajstić information content (AvgIpc) is 2.45. The van der Waals surface area contributed by atoms with E-state index in [4.69, 9.17) is 11.6 Å². The molecule has 1 rings (SSSR count). The summed E-state index contributed by atoms with van der Waals surface area (Å²) in [4.78, 5) is 11.4. The number of carbonyl (C=O) groups is 1. The SMILES string of the molecule is CCc1cccc(Cl)c1CNCC(CC)(CC)C(=O)O. The van der Waals surface area contributed by atoms with Gasteiger partial charge in [-0.25, -0.2) is 0 Å². The molecule has 0 radical (unpaired) electrons. The second-order valence-corrected chi connectivity index (χ2v) is 5.53. The molecule has 2 N–H and O–H groups in total. The molecule has 0 aliphatic carbocycles. The highest BCUT2D eigenvalue weighted by Gasteiger charge is 2.34. The summed E-state index contributed by atoms with van der Waals surface area (Å²) in [6.45, 7) is 7.01. The van der Waals surface area contributed by atoms with E-state index in [1.807, 2.05) is 26.0 Å². The van der Waals surface area contributed by atoms with Gasteiger partial charge < -0.3 is 10.4 Å². The molecule has 0 saturated heterocycles. The monoisotopic (exact) mass is 297 g/mol. The molecular weight excluding hydrogens is 274 g/mol. The van der Waals surface area contributed by atoms with E-state index < -0.39 is 11.4 Å². The molecule has 0 amide bonds. The first-order valence-corrected chi connectivity index (χ1v) is 7.58. The van der Waals surface area contributed by atoms with Gasteiger partial charge in [-0.05, 0) is 36.5 Å². The molecule has 1 aromatic carbocycles. The van der Waals surface area contributed by atoms with Crippen molar-refractivity contribution in [2.45, 2.75) is 46.6 Å². The van der Waals surface area contributed by atoms with Crippen LogP contribution in [0.2, 0.25) is 5.02 Å². The Hall–Kier alpha value is -1.06. The first kappa shape index (κ1) is 17.0. The zero-order valence-corrected chi connectivity index (χ0v) is 13.3. The third-order valence-electron chi connectivity index (χ3n) is 4.17. The Morgan fingerprint density at radius 2 is 1.95 bits per heavy atom. The molecule has 0 bridgehead atoms. The molecule has 0 aliphatic heterocycles. The van der Waals surface area contributed by atoms with E-state index in [2.05, 4.69) is 18.3 Å². The number of hydrogen-bond acceptors (Lipinski definition) is 2. The van der Waals surface area contributed by atoms with Gasteiger partial charge in [-0.3, -0.25) is 4.79 Å². The predicted octanol–water partition coefficient (Wildman–Crippen LogP) is 3.88. The fourth-order valence-corrected chi connectivity index (χ4v) is 2.70. The molecule has 20 heavy (non-hydrogen) atoms. The maximum Gasteiger partial charge on any atom is 0.310 e. The zero-order valence-electron chi connectivity index (χ0n) is 12.5. The number of benzene rings is 1. The van der Waals surface area contributed by atoms with Gasteiger partial charge in [0.05, 0.1) is 5.41 Å². The minimum Gasteiger partial charge on any atom is -0.481 e. The second kappa shape index (κ2) is 7.65. The lowest BCUT2D eigenvalue weighted by molar-refractivity contribution is -0.149. The van der Waals surface area contributed by atoms with E-state index in [1.54, 1.807) is 0 Å². The number of carboxylic acids is 1. The lowest BCUT2D eigenvalue weighted by Crippen LogP contribution is -2.40. The van der Waals surface area contributed by atoms with E-state index in [9.17, 15) is 9.90 Å². The van der Waals surface area contributed by atoms with Crippen molar-refractivity contribution in [2.75, 3.05) is 6.54 Å². The highest BCUT2D eigenvalue weighted by molar-refractivity contribution is 6.31. The van der Waals surface area contributed by atoms with E-state index in [0.717, 1.165) is 17.0 Å². The summed E-state index contributed by atoms with van der Waals surface area (Å²) in [5.41, 5.74) is 1.59. The number of aryl methyl sites for hydroxylation is 1. The molecule has 0 atom stereocenters. The Kier molecular flexibility index (Phi) is 6.50. The van der Waals surface area contributed by atoms with Crippen molar-refractivity contribution < 1.29 is 9.90 Å². The molecule has 112 valence electrons. The molecule has 0 aliphatic rings. The number of aliphatic carboxylic acids is 1. The summed E-state index contributed by atoms with van der Waals surface area (Å²) in [6.07, 6.45) is 2.16. The fraction of sp³-hybridized carbons (Fsp3) is 0.562. The molecule has 0 aromatic heterocycles. The van der Waals surface area contributed by atoms with Crippen molar-refractivity contribution in [3.8, 4) is 0 Å². The Morgan fingerprint density at radius 3 is 2.45 bits per heavy atom. The summed E-state index contributed by atoms with van der Waals surface area (Å²) in [7, 11) is 0. The van der Waals surface area contributed by atoms with E-state index in [-0.39, 0.29) is 0 Å². The Balaban J connectivity index is 2.75. The van der Waals surface area contributed by atoms with Gasteiger partial charge in [-0.15, -0.1) is 0 Å². The van der Waals surface area contributed by atoms with Crippen LogP contribution in [-0.4, -0.2) is 17.6 Å². The Morgan fingerprint density at radius 1 is 1.30 bits per heavy atom. The lowest BCUT2D eigenvalue weighted by atomic mass is 9.82. The molecule has 0 heterocycles. The van der Waals surface area contributed by atoms with Crippen LogP contribution >= 0.6 is 11.6 Å². The average molecular weight is 298 g/mol. The Bertz CT molecular complexity index is 456. The highest BCUT2D eigenvalue weighted by atomic mass is 35.5. The fourth-order valence-electron chi connectivity index (χ4n) is 2.44. The minimum atomic E-state index is -0.732. The maximum atomic E-state index is 11.4. The number of nitrogens with one attached hydrogen (secondary N) is 1. The number of carboxylic acid groups (broad SMARTS) is 1. The largest absolute Gasteiger partial charge is 0.481 e. The van der Waals surface area contributed by atoms with E-state index >= 15 is 0 Å². The van der Waals surface area contributed by atoms with E-state index in [1.165, 1.54) is 5.56 Å². The molecule has 4 heteroatoms. The van der Waals surface area contributed by atoms with Crippen LogP contribution in [0.3, 0.4) is 0 Å². The maximum absolute atomic E-state index is 11.4. The molecule has 0 unspecified atom stereocenters. The van der Waals surface area contributed by atoms with Gasteiger partial charge in [0, 0.05) is 18.1 Å². The molecule has 1 aromatic rings. The van der Waals surface area contributed by atoms with Gasteiger partial charge in [0.1, 0.15) is 0 Å². The zero-order chi connectivity index (χ0) is 15.2. The summed E-state index contributed by atoms with van der Waals surface area (Å²) in [6, 6.07) is 5.89. The predicted molar refractivity (Wildman–Crippen MR) is 83.2 cm³/mol. The number of rotatable bonds is 8. The van der Waals surface area contributed by atoms with Crippen LogP contribution in [0.15, 0.2) is 18.2 Å². The first-order chi connectivity index (χ1) is 9.50.